The lowest BCUT2D eigenvalue weighted by molar-refractivity contribution is 0.0940. The molecule has 7 nitrogen and oxygen atoms in total. The summed E-state index contributed by atoms with van der Waals surface area (Å²) < 4.78 is 9.09. The van der Waals surface area contributed by atoms with E-state index < -0.39 is 0 Å². The van der Waals surface area contributed by atoms with Crippen molar-refractivity contribution in [3.63, 3.8) is 0 Å². The van der Waals surface area contributed by atoms with Gasteiger partial charge in [0, 0.05) is 37.4 Å². The fourth-order valence-electron chi connectivity index (χ4n) is 4.99. The number of carbonyl (C=O) groups excluding carboxylic acids is 1. The molecule has 2 atom stereocenters. The number of hydrogen-bond donors (Lipinski definition) is 1. The second kappa shape index (κ2) is 8.13. The molecule has 0 aliphatic heterocycles. The predicted molar refractivity (Wildman–Crippen MR) is 124 cm³/mol. The molecule has 8 heteroatoms. The molecule has 0 radical (unpaired) electrons. The van der Waals surface area contributed by atoms with Crippen LogP contribution in [0.2, 0.25) is 5.02 Å². The van der Waals surface area contributed by atoms with Crippen molar-refractivity contribution >= 4 is 39.3 Å². The first kappa shape index (κ1) is 20.8. The number of nitrogens with zero attached hydrogens (tertiary/aromatic N) is 3. The Kier molecular flexibility index (Phi) is 5.29. The highest BCUT2D eigenvalue weighted by atomic mass is 35.5. The lowest BCUT2D eigenvalue weighted by atomic mass is 9.85. The summed E-state index contributed by atoms with van der Waals surface area (Å²) in [5.74, 6) is 0.730. The van der Waals surface area contributed by atoms with Gasteiger partial charge in [-0.1, -0.05) is 29.2 Å². The number of aromatic nitrogens is 3. The van der Waals surface area contributed by atoms with Gasteiger partial charge in [-0.25, -0.2) is 0 Å². The average Bonchev–Trinajstić information content (AvgIpc) is 3.38. The van der Waals surface area contributed by atoms with Gasteiger partial charge in [-0.2, -0.15) is 0 Å². The van der Waals surface area contributed by atoms with Gasteiger partial charge >= 0.3 is 0 Å². The van der Waals surface area contributed by atoms with E-state index >= 15 is 0 Å². The van der Waals surface area contributed by atoms with Crippen molar-refractivity contribution in [1.82, 2.24) is 19.6 Å². The van der Waals surface area contributed by atoms with E-state index in [4.69, 9.17) is 16.1 Å². The van der Waals surface area contributed by atoms with E-state index in [0.717, 1.165) is 36.6 Å². The smallest absolute Gasteiger partial charge is 0.264 e. The molecule has 1 aliphatic rings. The molecule has 4 aromatic rings. The number of halogens is 1. The molecule has 1 amide bonds. The maximum Gasteiger partial charge on any atom is 0.264 e. The number of carbonyl (C=O) groups is 1. The molecule has 0 spiro atoms. The standard InChI is InChI=1S/C24H25ClN4O3/c1-14-20-22(27-32-14)21-18(25)7-4-8-19(21)29(24(20)31)17-6-3-5-15(11-17)12-26-23(30)16-9-10-28(2)13-16/h4,7-10,13,15,17H,3,5-6,11-12H2,1-2H3,(H,26,30)/t15-,17+/m1/s1. The minimum atomic E-state index is -0.0903. The van der Waals surface area contributed by atoms with Crippen molar-refractivity contribution in [2.24, 2.45) is 13.0 Å². The molecule has 166 valence electrons. The minimum absolute atomic E-state index is 0.0227. The first-order chi connectivity index (χ1) is 15.4. The van der Waals surface area contributed by atoms with Gasteiger partial charge in [0.05, 0.1) is 16.1 Å². The van der Waals surface area contributed by atoms with Crippen LogP contribution in [0, 0.1) is 12.8 Å². The maximum atomic E-state index is 13.5. The number of amides is 1. The molecule has 3 heterocycles. The van der Waals surface area contributed by atoms with Crippen LogP contribution in [0.4, 0.5) is 0 Å². The Morgan fingerprint density at radius 1 is 1.28 bits per heavy atom. The van der Waals surface area contributed by atoms with E-state index in [1.165, 1.54) is 0 Å². The van der Waals surface area contributed by atoms with Crippen LogP contribution < -0.4 is 10.9 Å². The second-order valence-electron chi connectivity index (χ2n) is 8.73. The highest BCUT2D eigenvalue weighted by molar-refractivity contribution is 6.37. The summed E-state index contributed by atoms with van der Waals surface area (Å²) in [6.45, 7) is 2.35. The fraction of sp³-hybridized carbons (Fsp3) is 0.375. The Morgan fingerprint density at radius 2 is 2.12 bits per heavy atom. The summed E-state index contributed by atoms with van der Waals surface area (Å²) in [6, 6.07) is 7.43. The van der Waals surface area contributed by atoms with Crippen LogP contribution in [-0.4, -0.2) is 26.7 Å². The summed E-state index contributed by atoms with van der Waals surface area (Å²) in [7, 11) is 1.89. The molecule has 0 saturated heterocycles. The zero-order valence-corrected chi connectivity index (χ0v) is 18.9. The predicted octanol–water partition coefficient (Wildman–Crippen LogP) is 4.60. The molecule has 1 fully saturated rings. The van der Waals surface area contributed by atoms with E-state index in [2.05, 4.69) is 10.5 Å². The van der Waals surface area contributed by atoms with Gasteiger partial charge in [-0.15, -0.1) is 0 Å². The number of benzene rings is 1. The number of aryl methyl sites for hydroxylation is 2. The molecule has 0 unspecified atom stereocenters. The summed E-state index contributed by atoms with van der Waals surface area (Å²) in [4.78, 5) is 26.0. The number of nitrogens with one attached hydrogen (secondary N) is 1. The lowest BCUT2D eigenvalue weighted by Gasteiger charge is -2.31. The highest BCUT2D eigenvalue weighted by Crippen LogP contribution is 2.36. The van der Waals surface area contributed by atoms with Crippen LogP contribution >= 0.6 is 11.6 Å². The van der Waals surface area contributed by atoms with Crippen molar-refractivity contribution in [1.29, 1.82) is 0 Å². The number of fused-ring (bicyclic) bond motifs is 3. The van der Waals surface area contributed by atoms with Gasteiger partial charge in [0.25, 0.3) is 11.5 Å². The fourth-order valence-corrected chi connectivity index (χ4v) is 5.25. The van der Waals surface area contributed by atoms with Crippen LogP contribution in [0.1, 0.15) is 47.8 Å². The van der Waals surface area contributed by atoms with Gasteiger partial charge in [-0.05, 0) is 50.3 Å². The Bertz CT molecular complexity index is 1380. The summed E-state index contributed by atoms with van der Waals surface area (Å²) >= 11 is 6.54. The second-order valence-corrected chi connectivity index (χ2v) is 9.14. The van der Waals surface area contributed by atoms with Crippen LogP contribution in [0.25, 0.3) is 21.8 Å². The topological polar surface area (TPSA) is 82.1 Å². The largest absolute Gasteiger partial charge is 0.360 e. The van der Waals surface area contributed by atoms with Crippen molar-refractivity contribution in [2.75, 3.05) is 6.54 Å². The van der Waals surface area contributed by atoms with Crippen molar-refractivity contribution < 1.29 is 9.32 Å². The SMILES string of the molecule is Cc1onc2c1c(=O)n([C@H]1CCC[C@@H](CNC(=O)c3ccn(C)c3)C1)c1cccc(Cl)c21. The Hall–Kier alpha value is -3.06. The van der Waals surface area contributed by atoms with E-state index in [9.17, 15) is 9.59 Å². The quantitative estimate of drug-likeness (QED) is 0.490. The molecule has 3 aromatic heterocycles. The van der Waals surface area contributed by atoms with Crippen molar-refractivity contribution in [2.45, 2.75) is 38.6 Å². The normalized spacial score (nSPS) is 19.0. The van der Waals surface area contributed by atoms with Crippen molar-refractivity contribution in [3.8, 4) is 0 Å². The molecule has 1 saturated carbocycles. The van der Waals surface area contributed by atoms with Gasteiger partial charge in [0.1, 0.15) is 16.7 Å². The summed E-state index contributed by atoms with van der Waals surface area (Å²) in [6.07, 6.45) is 7.40. The van der Waals surface area contributed by atoms with Gasteiger partial charge in [0.2, 0.25) is 0 Å². The van der Waals surface area contributed by atoms with E-state index in [1.807, 2.05) is 52.8 Å². The molecule has 0 bridgehead atoms. The molecule has 1 aromatic carbocycles. The third-order valence-electron chi connectivity index (χ3n) is 6.55. The zero-order valence-electron chi connectivity index (χ0n) is 18.1. The number of pyridine rings is 1. The number of hydrogen-bond acceptors (Lipinski definition) is 4. The van der Waals surface area contributed by atoms with E-state index in [-0.39, 0.29) is 17.5 Å². The summed E-state index contributed by atoms with van der Waals surface area (Å²) in [5.41, 5.74) is 1.87. The Morgan fingerprint density at radius 3 is 2.91 bits per heavy atom. The van der Waals surface area contributed by atoms with Gasteiger partial charge < -0.3 is 19.0 Å². The third-order valence-corrected chi connectivity index (χ3v) is 6.86. The average molecular weight is 453 g/mol. The third kappa shape index (κ3) is 3.50. The van der Waals surface area contributed by atoms with Crippen molar-refractivity contribution in [3.05, 3.63) is 63.4 Å². The zero-order chi connectivity index (χ0) is 22.4. The minimum Gasteiger partial charge on any atom is -0.360 e. The van der Waals surface area contributed by atoms with Crippen LogP contribution in [-0.2, 0) is 7.05 Å². The molecule has 32 heavy (non-hydrogen) atoms. The molecule has 1 N–H and O–H groups in total. The Balaban J connectivity index is 1.46. The molecule has 5 rings (SSSR count). The van der Waals surface area contributed by atoms with Crippen LogP contribution in [0.3, 0.4) is 0 Å². The molecular weight excluding hydrogens is 428 g/mol. The van der Waals surface area contributed by atoms with Crippen LogP contribution in [0.5, 0.6) is 0 Å². The maximum absolute atomic E-state index is 13.5. The monoisotopic (exact) mass is 452 g/mol. The number of rotatable bonds is 4. The van der Waals surface area contributed by atoms with E-state index in [0.29, 0.717) is 39.7 Å². The summed E-state index contributed by atoms with van der Waals surface area (Å²) in [5, 5.41) is 8.98. The Labute approximate surface area is 189 Å². The van der Waals surface area contributed by atoms with Gasteiger partial charge in [-0.3, -0.25) is 9.59 Å². The first-order valence-corrected chi connectivity index (χ1v) is 11.3. The van der Waals surface area contributed by atoms with Crippen LogP contribution in [0.15, 0.2) is 46.0 Å². The van der Waals surface area contributed by atoms with E-state index in [1.54, 1.807) is 6.92 Å². The van der Waals surface area contributed by atoms with Gasteiger partial charge in [0.15, 0.2) is 0 Å². The highest BCUT2D eigenvalue weighted by Gasteiger charge is 2.28. The molecule has 1 aliphatic carbocycles. The lowest BCUT2D eigenvalue weighted by Crippen LogP contribution is -2.34. The molecular formula is C24H25ClN4O3. The first-order valence-electron chi connectivity index (χ1n) is 10.9.